The van der Waals surface area contributed by atoms with Gasteiger partial charge in [-0.2, -0.15) is 4.99 Å². The van der Waals surface area contributed by atoms with Crippen molar-refractivity contribution in [2.75, 3.05) is 83.0 Å². The summed E-state index contributed by atoms with van der Waals surface area (Å²) >= 11 is 12.9. The first-order chi connectivity index (χ1) is 41.3. The largest absolute Gasteiger partial charge is 0.447 e. The van der Waals surface area contributed by atoms with Crippen LogP contribution in [0.1, 0.15) is 112 Å². The minimum Gasteiger partial charge on any atom is -0.447 e. The van der Waals surface area contributed by atoms with Crippen LogP contribution in [0.2, 0.25) is 10.0 Å². The first-order valence-electron chi connectivity index (χ1n) is 28.9. The zero-order valence-corrected chi connectivity index (χ0v) is 52.8. The van der Waals surface area contributed by atoms with Crippen molar-refractivity contribution in [3.63, 3.8) is 0 Å². The molecular formula is C68H86Cl2N4O12. The van der Waals surface area contributed by atoms with Gasteiger partial charge in [0.1, 0.15) is 18.8 Å². The van der Waals surface area contributed by atoms with E-state index in [0.29, 0.717) is 93.5 Å². The van der Waals surface area contributed by atoms with Crippen molar-refractivity contribution in [3.05, 3.63) is 188 Å². The van der Waals surface area contributed by atoms with E-state index in [1.807, 2.05) is 131 Å². The minimum absolute atomic E-state index is 0.0870. The summed E-state index contributed by atoms with van der Waals surface area (Å²) in [6.07, 6.45) is 2.07. The van der Waals surface area contributed by atoms with Crippen molar-refractivity contribution in [1.29, 1.82) is 0 Å². The van der Waals surface area contributed by atoms with Gasteiger partial charge in [-0.05, 0) is 142 Å². The summed E-state index contributed by atoms with van der Waals surface area (Å²) in [5.41, 5.74) is 11.2. The van der Waals surface area contributed by atoms with E-state index in [1.165, 1.54) is 6.08 Å². The van der Waals surface area contributed by atoms with Crippen molar-refractivity contribution >= 4 is 70.3 Å². The number of ether oxygens (including phenoxy) is 7. The molecule has 0 saturated heterocycles. The highest BCUT2D eigenvalue weighted by molar-refractivity contribution is 6.31. The fraction of sp³-hybridized carbons (Fsp3) is 0.412. The fourth-order valence-electron chi connectivity index (χ4n) is 8.42. The molecule has 4 N–H and O–H groups in total. The number of isocyanates is 1. The molecule has 86 heavy (non-hydrogen) atoms. The molecule has 0 spiro atoms. The highest BCUT2D eigenvalue weighted by Crippen LogP contribution is 2.29. The lowest BCUT2D eigenvalue weighted by molar-refractivity contribution is 0.0447. The van der Waals surface area contributed by atoms with Gasteiger partial charge < -0.3 is 38.3 Å². The summed E-state index contributed by atoms with van der Waals surface area (Å²) in [6, 6.07) is 42.4. The summed E-state index contributed by atoms with van der Waals surface area (Å²) in [5, 5.41) is 18.1. The summed E-state index contributed by atoms with van der Waals surface area (Å²) in [6.45, 7) is 19.7. The Bertz CT molecular complexity index is 2980. The van der Waals surface area contributed by atoms with Gasteiger partial charge >= 0.3 is 18.3 Å². The van der Waals surface area contributed by atoms with Gasteiger partial charge in [0.2, 0.25) is 6.08 Å². The first kappa shape index (κ1) is 71.4. The van der Waals surface area contributed by atoms with E-state index in [0.717, 1.165) is 61.0 Å². The molecule has 0 aliphatic heterocycles. The molecule has 0 radical (unpaired) electrons. The molecule has 2 unspecified atom stereocenters. The van der Waals surface area contributed by atoms with Crippen LogP contribution in [-0.2, 0) is 63.6 Å². The minimum atomic E-state index is -0.533. The van der Waals surface area contributed by atoms with Gasteiger partial charge in [-0.25, -0.2) is 19.2 Å². The number of aliphatic hydroxyl groups excluding tert-OH is 1. The second-order valence-corrected chi connectivity index (χ2v) is 22.4. The van der Waals surface area contributed by atoms with E-state index in [2.05, 4.69) is 71.6 Å². The lowest BCUT2D eigenvalue weighted by Crippen LogP contribution is -2.28. The molecular weight excluding hydrogens is 1140 g/mol. The molecule has 464 valence electrons. The van der Waals surface area contributed by atoms with Crippen LogP contribution in [0.5, 0.6) is 0 Å². The topological polar surface area (TPSA) is 202 Å². The number of nitrogens with zero attached hydrogens (tertiary/aromatic N) is 1. The summed E-state index contributed by atoms with van der Waals surface area (Å²) < 4.78 is 36.4. The predicted octanol–water partition coefficient (Wildman–Crippen LogP) is 15.6. The van der Waals surface area contributed by atoms with Gasteiger partial charge in [0.05, 0.1) is 51.9 Å². The Labute approximate surface area is 518 Å². The number of benzene rings is 6. The van der Waals surface area contributed by atoms with Crippen LogP contribution in [-0.4, -0.2) is 109 Å². The number of hydrogen-bond acceptors (Lipinski definition) is 13. The highest BCUT2D eigenvalue weighted by Gasteiger charge is 2.22. The lowest BCUT2D eigenvalue weighted by Gasteiger charge is -2.22. The van der Waals surface area contributed by atoms with Crippen LogP contribution in [0.4, 0.5) is 37.1 Å². The number of carbonyl (C=O) groups is 3. The molecule has 3 amide bonds. The molecule has 18 heteroatoms. The van der Waals surface area contributed by atoms with Gasteiger partial charge in [-0.3, -0.25) is 16.0 Å². The Hall–Kier alpha value is -7.11. The van der Waals surface area contributed by atoms with E-state index in [9.17, 15) is 19.2 Å². The molecule has 0 heterocycles. The number of carbonyl (C=O) groups excluding carboxylic acids is 4. The third kappa shape index (κ3) is 27.5. The molecule has 6 aromatic rings. The maximum atomic E-state index is 12.7. The van der Waals surface area contributed by atoms with Gasteiger partial charge in [-0.15, -0.1) is 0 Å². The molecule has 0 bridgehead atoms. The number of anilines is 3. The van der Waals surface area contributed by atoms with Crippen LogP contribution in [0.15, 0.2) is 138 Å². The Balaban J connectivity index is 0.000000331. The van der Waals surface area contributed by atoms with Crippen LogP contribution < -0.4 is 16.0 Å². The molecule has 0 aliphatic rings. The molecule has 6 rings (SSSR count). The number of rotatable bonds is 29. The second kappa shape index (κ2) is 39.6. The number of aliphatic imine (C=N–C) groups is 1. The van der Waals surface area contributed by atoms with E-state index >= 15 is 0 Å². The van der Waals surface area contributed by atoms with Crippen LogP contribution >= 0.6 is 23.2 Å². The zero-order valence-electron chi connectivity index (χ0n) is 51.3. The average molecular weight is 1220 g/mol. The predicted molar refractivity (Wildman–Crippen MR) is 343 cm³/mol. The van der Waals surface area contributed by atoms with Crippen molar-refractivity contribution in [2.24, 2.45) is 16.8 Å². The van der Waals surface area contributed by atoms with Gasteiger partial charge in [-0.1, -0.05) is 151 Å². The number of aliphatic hydroxyl groups is 1. The third-order valence-electron chi connectivity index (χ3n) is 13.3. The van der Waals surface area contributed by atoms with Crippen molar-refractivity contribution < 1.29 is 57.4 Å². The molecule has 0 fully saturated rings. The van der Waals surface area contributed by atoms with Crippen LogP contribution in [0.25, 0.3) is 0 Å². The Morgan fingerprint density at radius 3 is 1.16 bits per heavy atom. The average Bonchev–Trinajstić information content (AvgIpc) is 2.44. The van der Waals surface area contributed by atoms with Gasteiger partial charge in [0.15, 0.2) is 0 Å². The monoisotopic (exact) mass is 1220 g/mol. The van der Waals surface area contributed by atoms with E-state index < -0.39 is 18.3 Å². The van der Waals surface area contributed by atoms with Crippen molar-refractivity contribution in [2.45, 2.75) is 105 Å². The maximum absolute atomic E-state index is 12.7. The number of nitrogens with one attached hydrogen (secondary N) is 3. The quantitative estimate of drug-likeness (QED) is 0.0150. The Morgan fingerprint density at radius 2 is 0.826 bits per heavy atom. The molecule has 0 aliphatic carbocycles. The fourth-order valence-corrected chi connectivity index (χ4v) is 9.27. The normalized spacial score (nSPS) is 11.6. The SMILES string of the molecule is CC(C)c1ccc(CC(OC(=O)Nc2ccc(Cc3ccc(N=C=O)cc3)cc2)C(C)C)cc1Cl.COCCOCCO.COCCOCCOC(=O)Nc1ccc(Cc2ccc(NC(=O)OC(Cc3ccc(C(C)C)c(Cl)c3)C(C)C)cc2)cc1. The van der Waals surface area contributed by atoms with Gasteiger partial charge in [0, 0.05) is 54.2 Å². The highest BCUT2D eigenvalue weighted by atomic mass is 35.5. The van der Waals surface area contributed by atoms with Crippen LogP contribution in [0.3, 0.4) is 0 Å². The van der Waals surface area contributed by atoms with Crippen molar-refractivity contribution in [1.82, 2.24) is 0 Å². The zero-order chi connectivity index (χ0) is 62.8. The molecule has 6 aromatic carbocycles. The third-order valence-corrected chi connectivity index (χ3v) is 14.0. The molecule has 2 atom stereocenters. The molecule has 16 nitrogen and oxygen atoms in total. The summed E-state index contributed by atoms with van der Waals surface area (Å²) in [5.74, 6) is 0.985. The smallest absolute Gasteiger partial charge is 0.411 e. The number of hydrogen-bond donors (Lipinski definition) is 4. The van der Waals surface area contributed by atoms with Crippen LogP contribution in [0, 0.1) is 11.8 Å². The lowest BCUT2D eigenvalue weighted by atomic mass is 9.96. The Morgan fingerprint density at radius 1 is 0.477 bits per heavy atom. The Kier molecular flexibility index (Phi) is 32.8. The second-order valence-electron chi connectivity index (χ2n) is 21.6. The first-order valence-corrected chi connectivity index (χ1v) is 29.7. The van der Waals surface area contributed by atoms with E-state index in [-0.39, 0.29) is 37.3 Å². The van der Waals surface area contributed by atoms with E-state index in [4.69, 9.17) is 56.7 Å². The standard InChI is InChI=1S/C34H43ClN2O6.C29H31ClN2O3.C5H12O3/c1-23(2)30-15-10-27(21-31(30)35)22-32(24(3)4)43-34(39)37-29-13-8-26(9-14-29)20-25-6-11-28(12-7-25)36-33(38)42-19-18-41-17-16-40-5;1-19(2)26-14-9-23(16-27(26)30)17-28(20(3)4)35-29(34)32-25-12-7-22(8-13-25)15-21-5-10-24(11-6-21)31-18-33;1-7-4-5-8-3-2-6/h6-15,21,23-24,32H,16-20,22H2,1-5H3,(H,36,38)(H,37,39);5-14,16,19-20,28H,15,17H2,1-4H3,(H,32,34);6H,2-5H2,1H3. The number of amides is 3. The molecule has 0 saturated carbocycles. The summed E-state index contributed by atoms with van der Waals surface area (Å²) in [7, 11) is 3.21. The van der Waals surface area contributed by atoms with E-state index in [1.54, 1.807) is 26.4 Å². The maximum Gasteiger partial charge on any atom is 0.411 e. The number of methoxy groups -OCH3 is 2. The number of halogens is 2. The van der Waals surface area contributed by atoms with Gasteiger partial charge in [0.25, 0.3) is 0 Å². The summed E-state index contributed by atoms with van der Waals surface area (Å²) in [4.78, 5) is 51.2. The van der Waals surface area contributed by atoms with Crippen molar-refractivity contribution in [3.8, 4) is 0 Å². The molecule has 0 aromatic heterocycles.